The van der Waals surface area contributed by atoms with Crippen LogP contribution in [0.4, 0.5) is 4.79 Å². The van der Waals surface area contributed by atoms with E-state index in [-0.39, 0.29) is 0 Å². The highest BCUT2D eigenvalue weighted by molar-refractivity contribution is 5.87. The summed E-state index contributed by atoms with van der Waals surface area (Å²) < 4.78 is 4.18. The molecule has 0 fully saturated rings. The number of amides is 1. The number of carboxylic acid groups (broad SMARTS) is 2. The van der Waals surface area contributed by atoms with Gasteiger partial charge < -0.3 is 20.7 Å². The maximum atomic E-state index is 10.2. The minimum atomic E-state index is -0.879. The number of ether oxygens (including phenoxy) is 1. The summed E-state index contributed by atoms with van der Waals surface area (Å²) in [5.74, 6) is -1.76. The van der Waals surface area contributed by atoms with Crippen molar-refractivity contribution in [1.29, 1.82) is 0 Å². The van der Waals surface area contributed by atoms with Gasteiger partial charge in [-0.25, -0.2) is 14.4 Å². The Hall–Kier alpha value is -3.35. The van der Waals surface area contributed by atoms with Crippen LogP contribution in [0.15, 0.2) is 60.7 Å². The second-order valence-electron chi connectivity index (χ2n) is 4.09. The van der Waals surface area contributed by atoms with Gasteiger partial charge in [-0.05, 0) is 31.2 Å². The number of nitrogens with two attached hydrogens (primary N) is 1. The molecule has 7 heteroatoms. The average Bonchev–Trinajstić information content (AvgIpc) is 2.57. The van der Waals surface area contributed by atoms with Gasteiger partial charge in [0.25, 0.3) is 0 Å². The molecule has 0 radical (unpaired) electrons. The van der Waals surface area contributed by atoms with E-state index in [0.717, 1.165) is 0 Å². The zero-order valence-corrected chi connectivity index (χ0v) is 13.1. The van der Waals surface area contributed by atoms with Crippen molar-refractivity contribution in [3.05, 3.63) is 71.8 Å². The molecule has 128 valence electrons. The zero-order valence-electron chi connectivity index (χ0n) is 13.1. The third kappa shape index (κ3) is 10.4. The molecule has 0 unspecified atom stereocenters. The van der Waals surface area contributed by atoms with Crippen molar-refractivity contribution in [2.24, 2.45) is 5.73 Å². The molecule has 2 aromatic carbocycles. The Bertz CT molecular complexity index is 579. The summed E-state index contributed by atoms with van der Waals surface area (Å²) in [6, 6.07) is 16.6. The summed E-state index contributed by atoms with van der Waals surface area (Å²) in [6.07, 6.45) is -0.711. The first kappa shape index (κ1) is 20.7. The lowest BCUT2D eigenvalue weighted by Crippen LogP contribution is -2.11. The number of primary amides is 1. The molecule has 0 saturated carbocycles. The highest BCUT2D eigenvalue weighted by atomic mass is 16.5. The van der Waals surface area contributed by atoms with E-state index in [0.29, 0.717) is 17.7 Å². The number of carboxylic acids is 2. The molecule has 0 spiro atoms. The van der Waals surface area contributed by atoms with Crippen LogP contribution in [-0.4, -0.2) is 34.9 Å². The van der Waals surface area contributed by atoms with Gasteiger partial charge in [-0.3, -0.25) is 0 Å². The van der Waals surface area contributed by atoms with Crippen molar-refractivity contribution in [3.63, 3.8) is 0 Å². The molecule has 0 aliphatic carbocycles. The second-order valence-corrected chi connectivity index (χ2v) is 4.09. The number of carbonyl (C=O) groups excluding carboxylic acids is 1. The van der Waals surface area contributed by atoms with Gasteiger partial charge in [-0.15, -0.1) is 0 Å². The van der Waals surface area contributed by atoms with E-state index < -0.39 is 18.0 Å². The van der Waals surface area contributed by atoms with Gasteiger partial charge >= 0.3 is 18.0 Å². The quantitative estimate of drug-likeness (QED) is 0.792. The normalized spacial score (nSPS) is 8.54. The number of carbonyl (C=O) groups is 3. The van der Waals surface area contributed by atoms with Crippen molar-refractivity contribution in [1.82, 2.24) is 0 Å². The summed E-state index contributed by atoms with van der Waals surface area (Å²) in [7, 11) is 0. The number of hydrogen-bond donors (Lipinski definition) is 3. The Kier molecular flexibility index (Phi) is 10.5. The fraction of sp³-hybridized carbons (Fsp3) is 0.118. The molecule has 0 saturated heterocycles. The highest BCUT2D eigenvalue weighted by Gasteiger charge is 1.97. The Morgan fingerprint density at radius 1 is 0.833 bits per heavy atom. The standard InChI is InChI=1S/2C7H6O2.C3H7NO2/c2*8-7(9)6-4-2-1-3-5-6;1-2-6-3(4)5/h2*1-5H,(H,8,9);2H2,1H3,(H2,4,5). The summed E-state index contributed by atoms with van der Waals surface area (Å²) in [5.41, 5.74) is 5.20. The first-order valence-electron chi connectivity index (χ1n) is 6.87. The largest absolute Gasteiger partial charge is 0.478 e. The molecule has 1 amide bonds. The molecule has 0 bridgehead atoms. The van der Waals surface area contributed by atoms with E-state index >= 15 is 0 Å². The summed E-state index contributed by atoms with van der Waals surface area (Å²) >= 11 is 0. The van der Waals surface area contributed by atoms with Gasteiger partial charge in [0.1, 0.15) is 0 Å². The Balaban J connectivity index is 0.000000340. The predicted octanol–water partition coefficient (Wildman–Crippen LogP) is 2.87. The summed E-state index contributed by atoms with van der Waals surface area (Å²) in [4.78, 5) is 30.0. The number of aromatic carboxylic acids is 2. The van der Waals surface area contributed by atoms with E-state index in [4.69, 9.17) is 10.2 Å². The molecular weight excluding hydrogens is 314 g/mol. The van der Waals surface area contributed by atoms with Crippen molar-refractivity contribution >= 4 is 18.0 Å². The van der Waals surface area contributed by atoms with Crippen molar-refractivity contribution in [3.8, 4) is 0 Å². The van der Waals surface area contributed by atoms with Crippen molar-refractivity contribution in [2.45, 2.75) is 6.92 Å². The maximum absolute atomic E-state index is 10.2. The summed E-state index contributed by atoms with van der Waals surface area (Å²) in [6.45, 7) is 2.06. The zero-order chi connectivity index (χ0) is 18.4. The van der Waals surface area contributed by atoms with Crippen LogP contribution in [0.5, 0.6) is 0 Å². The van der Waals surface area contributed by atoms with E-state index in [9.17, 15) is 14.4 Å². The molecule has 2 aromatic rings. The van der Waals surface area contributed by atoms with Crippen LogP contribution in [0.3, 0.4) is 0 Å². The fourth-order valence-corrected chi connectivity index (χ4v) is 1.30. The van der Waals surface area contributed by atoms with Gasteiger partial charge in [0.15, 0.2) is 0 Å². The highest BCUT2D eigenvalue weighted by Crippen LogP contribution is 1.96. The van der Waals surface area contributed by atoms with Gasteiger partial charge in [0.05, 0.1) is 17.7 Å². The van der Waals surface area contributed by atoms with Crippen LogP contribution in [0.1, 0.15) is 27.6 Å². The Labute approximate surface area is 139 Å². The first-order valence-corrected chi connectivity index (χ1v) is 6.87. The molecular formula is C17H19NO6. The van der Waals surface area contributed by atoms with Gasteiger partial charge in [-0.1, -0.05) is 36.4 Å². The number of benzene rings is 2. The fourth-order valence-electron chi connectivity index (χ4n) is 1.30. The third-order valence-corrected chi connectivity index (χ3v) is 2.33. The van der Waals surface area contributed by atoms with Crippen molar-refractivity contribution in [2.75, 3.05) is 6.61 Å². The van der Waals surface area contributed by atoms with Crippen LogP contribution in [0, 0.1) is 0 Å². The Morgan fingerprint density at radius 2 is 1.17 bits per heavy atom. The molecule has 0 atom stereocenters. The second kappa shape index (κ2) is 12.2. The van der Waals surface area contributed by atoms with E-state index in [1.807, 2.05) is 0 Å². The van der Waals surface area contributed by atoms with Crippen LogP contribution in [0.25, 0.3) is 0 Å². The van der Waals surface area contributed by atoms with Gasteiger partial charge in [0.2, 0.25) is 0 Å². The molecule has 2 rings (SSSR count). The number of rotatable bonds is 3. The Morgan fingerprint density at radius 3 is 1.29 bits per heavy atom. The third-order valence-electron chi connectivity index (χ3n) is 2.33. The van der Waals surface area contributed by atoms with Crippen LogP contribution in [-0.2, 0) is 4.74 Å². The van der Waals surface area contributed by atoms with Gasteiger partial charge in [-0.2, -0.15) is 0 Å². The minimum absolute atomic E-state index is 0.331. The predicted molar refractivity (Wildman–Crippen MR) is 88.0 cm³/mol. The first-order chi connectivity index (χ1) is 11.4. The molecule has 0 aliphatic rings. The van der Waals surface area contributed by atoms with E-state index in [1.165, 1.54) is 0 Å². The lowest BCUT2D eigenvalue weighted by molar-refractivity contribution is 0.0686. The molecule has 24 heavy (non-hydrogen) atoms. The van der Waals surface area contributed by atoms with Crippen molar-refractivity contribution < 1.29 is 29.3 Å². The average molecular weight is 333 g/mol. The smallest absolute Gasteiger partial charge is 0.404 e. The SMILES string of the molecule is CCOC(N)=O.O=C(O)c1ccccc1.O=C(O)c1ccccc1. The van der Waals surface area contributed by atoms with Crippen LogP contribution < -0.4 is 5.73 Å². The number of hydrogen-bond acceptors (Lipinski definition) is 4. The minimum Gasteiger partial charge on any atom is -0.478 e. The van der Waals surface area contributed by atoms with E-state index in [1.54, 1.807) is 67.6 Å². The molecule has 7 nitrogen and oxygen atoms in total. The topological polar surface area (TPSA) is 127 Å². The van der Waals surface area contributed by atoms with Crippen LogP contribution in [0.2, 0.25) is 0 Å². The lowest BCUT2D eigenvalue weighted by atomic mass is 10.2. The summed E-state index contributed by atoms with van der Waals surface area (Å²) in [5, 5.41) is 16.8. The molecule has 0 heterocycles. The maximum Gasteiger partial charge on any atom is 0.404 e. The van der Waals surface area contributed by atoms with Crippen LogP contribution >= 0.6 is 0 Å². The van der Waals surface area contributed by atoms with Gasteiger partial charge in [0, 0.05) is 0 Å². The molecule has 4 N–H and O–H groups in total. The molecule has 0 aromatic heterocycles. The molecule has 0 aliphatic heterocycles. The van der Waals surface area contributed by atoms with E-state index in [2.05, 4.69) is 10.5 Å². The lowest BCUT2D eigenvalue weighted by Gasteiger charge is -1.89. The monoisotopic (exact) mass is 333 g/mol.